The van der Waals surface area contributed by atoms with E-state index in [9.17, 15) is 14.7 Å². The molecule has 1 amide bonds. The van der Waals surface area contributed by atoms with Gasteiger partial charge in [0.25, 0.3) is 5.91 Å². The van der Waals surface area contributed by atoms with Crippen LogP contribution in [0.3, 0.4) is 0 Å². The predicted octanol–water partition coefficient (Wildman–Crippen LogP) is 4.08. The van der Waals surface area contributed by atoms with Gasteiger partial charge in [0.1, 0.15) is 5.75 Å². The van der Waals surface area contributed by atoms with Crippen molar-refractivity contribution in [3.8, 4) is 11.5 Å². The minimum Gasteiger partial charge on any atom is -0.507 e. The van der Waals surface area contributed by atoms with E-state index in [0.717, 1.165) is 10.8 Å². The second kappa shape index (κ2) is 8.81. The number of carboxylic acid groups (broad SMARTS) is 1. The number of hydrogen-bond donors (Lipinski definition) is 3. The van der Waals surface area contributed by atoms with Crippen LogP contribution in [0.1, 0.15) is 15.9 Å². The Balaban J connectivity index is 1.73. The molecular formula is C20H14Cl2N2O5. The molecule has 9 heteroatoms. The number of nitrogens with zero attached hydrogens (tertiary/aromatic N) is 1. The van der Waals surface area contributed by atoms with E-state index < -0.39 is 18.5 Å². The van der Waals surface area contributed by atoms with Crippen LogP contribution < -0.4 is 10.2 Å². The van der Waals surface area contributed by atoms with Crippen molar-refractivity contribution in [3.63, 3.8) is 0 Å². The van der Waals surface area contributed by atoms with Crippen molar-refractivity contribution >= 4 is 52.1 Å². The molecule has 3 N–H and O–H groups in total. The number of carbonyl (C=O) groups excluding carboxylic acids is 1. The number of hydrazone groups is 1. The summed E-state index contributed by atoms with van der Waals surface area (Å²) in [7, 11) is 0. The highest BCUT2D eigenvalue weighted by Gasteiger charge is 2.13. The van der Waals surface area contributed by atoms with E-state index in [-0.39, 0.29) is 27.1 Å². The number of aliphatic carboxylic acids is 1. The van der Waals surface area contributed by atoms with Crippen LogP contribution in [0.5, 0.6) is 11.5 Å². The summed E-state index contributed by atoms with van der Waals surface area (Å²) in [4.78, 5) is 22.9. The molecule has 0 radical (unpaired) electrons. The fourth-order valence-corrected chi connectivity index (χ4v) is 3.17. The highest BCUT2D eigenvalue weighted by molar-refractivity contribution is 6.37. The molecule has 0 atom stereocenters. The number of phenols is 1. The van der Waals surface area contributed by atoms with Crippen LogP contribution in [0.4, 0.5) is 0 Å². The third kappa shape index (κ3) is 4.96. The number of nitrogens with one attached hydrogen (secondary N) is 1. The second-order valence-electron chi connectivity index (χ2n) is 5.91. The van der Waals surface area contributed by atoms with Crippen LogP contribution in [0.15, 0.2) is 53.6 Å². The number of carbonyl (C=O) groups is 2. The molecule has 0 aliphatic heterocycles. The zero-order valence-electron chi connectivity index (χ0n) is 14.7. The van der Waals surface area contributed by atoms with Gasteiger partial charge in [0.2, 0.25) is 0 Å². The molecule has 0 saturated carbocycles. The number of rotatable bonds is 6. The minimum atomic E-state index is -1.16. The molecule has 3 rings (SSSR count). The molecule has 7 nitrogen and oxygen atoms in total. The van der Waals surface area contributed by atoms with Crippen molar-refractivity contribution < 1.29 is 24.5 Å². The fraction of sp³-hybridized carbons (Fsp3) is 0.0500. The van der Waals surface area contributed by atoms with Gasteiger partial charge in [0, 0.05) is 0 Å². The van der Waals surface area contributed by atoms with Crippen LogP contribution >= 0.6 is 23.2 Å². The zero-order valence-corrected chi connectivity index (χ0v) is 16.2. The summed E-state index contributed by atoms with van der Waals surface area (Å²) in [5.74, 6) is -1.88. The summed E-state index contributed by atoms with van der Waals surface area (Å²) < 4.78 is 5.03. The van der Waals surface area contributed by atoms with Gasteiger partial charge < -0.3 is 14.9 Å². The topological polar surface area (TPSA) is 108 Å². The van der Waals surface area contributed by atoms with Gasteiger partial charge in [-0.2, -0.15) is 5.10 Å². The van der Waals surface area contributed by atoms with Crippen LogP contribution in [0.2, 0.25) is 10.0 Å². The van der Waals surface area contributed by atoms with Gasteiger partial charge in [-0.05, 0) is 40.6 Å². The zero-order chi connectivity index (χ0) is 21.0. The maximum absolute atomic E-state index is 12.3. The number of fused-ring (bicyclic) bond motifs is 1. The average Bonchev–Trinajstić information content (AvgIpc) is 2.66. The van der Waals surface area contributed by atoms with Crippen molar-refractivity contribution in [3.05, 3.63) is 69.7 Å². The molecule has 0 saturated heterocycles. The molecule has 0 unspecified atom stereocenters. The lowest BCUT2D eigenvalue weighted by Gasteiger charge is -2.09. The molecule has 0 bridgehead atoms. The Labute approximate surface area is 175 Å². The van der Waals surface area contributed by atoms with E-state index in [0.29, 0.717) is 5.56 Å². The summed E-state index contributed by atoms with van der Waals surface area (Å²) in [6, 6.07) is 13.3. The Morgan fingerprint density at radius 3 is 2.31 bits per heavy atom. The highest BCUT2D eigenvalue weighted by Crippen LogP contribution is 2.33. The Morgan fingerprint density at radius 1 is 1.07 bits per heavy atom. The second-order valence-corrected chi connectivity index (χ2v) is 6.73. The quantitative estimate of drug-likeness (QED) is 0.401. The Hall–Kier alpha value is -3.29. The van der Waals surface area contributed by atoms with E-state index in [1.165, 1.54) is 24.4 Å². The number of phenolic OH excluding ortho intramolecular Hbond substituents is 1. The molecule has 0 aromatic heterocycles. The molecule has 0 aliphatic rings. The van der Waals surface area contributed by atoms with E-state index in [1.807, 2.05) is 24.3 Å². The van der Waals surface area contributed by atoms with Gasteiger partial charge >= 0.3 is 5.97 Å². The number of ether oxygens (including phenoxy) is 1. The van der Waals surface area contributed by atoms with Crippen molar-refractivity contribution in [2.75, 3.05) is 6.61 Å². The normalized spacial score (nSPS) is 11.0. The van der Waals surface area contributed by atoms with Crippen LogP contribution in [0, 0.1) is 0 Å². The van der Waals surface area contributed by atoms with Crippen molar-refractivity contribution in [2.45, 2.75) is 0 Å². The molecule has 0 fully saturated rings. The Morgan fingerprint density at radius 2 is 1.69 bits per heavy atom. The number of hydrogen-bond acceptors (Lipinski definition) is 5. The maximum Gasteiger partial charge on any atom is 0.341 e. The third-order valence-electron chi connectivity index (χ3n) is 3.85. The van der Waals surface area contributed by atoms with E-state index in [1.54, 1.807) is 6.07 Å². The van der Waals surface area contributed by atoms with Crippen LogP contribution in [0.25, 0.3) is 10.8 Å². The smallest absolute Gasteiger partial charge is 0.341 e. The molecule has 148 valence electrons. The van der Waals surface area contributed by atoms with Gasteiger partial charge in [-0.25, -0.2) is 10.2 Å². The van der Waals surface area contributed by atoms with Gasteiger partial charge in [-0.3, -0.25) is 4.79 Å². The molecule has 0 heterocycles. The summed E-state index contributed by atoms with van der Waals surface area (Å²) in [5, 5.41) is 24.4. The highest BCUT2D eigenvalue weighted by atomic mass is 35.5. The monoisotopic (exact) mass is 432 g/mol. The van der Waals surface area contributed by atoms with Crippen LogP contribution in [-0.4, -0.2) is 34.9 Å². The van der Waals surface area contributed by atoms with Crippen molar-refractivity contribution in [2.24, 2.45) is 5.10 Å². The molecule has 3 aromatic carbocycles. The largest absolute Gasteiger partial charge is 0.507 e. The lowest BCUT2D eigenvalue weighted by molar-refractivity contribution is -0.139. The van der Waals surface area contributed by atoms with E-state index >= 15 is 0 Å². The van der Waals surface area contributed by atoms with Crippen molar-refractivity contribution in [1.29, 1.82) is 0 Å². The van der Waals surface area contributed by atoms with Crippen molar-refractivity contribution in [1.82, 2.24) is 5.43 Å². The molecule has 0 spiro atoms. The number of aromatic hydroxyl groups is 1. The molecular weight excluding hydrogens is 419 g/mol. The minimum absolute atomic E-state index is 0.0398. The number of amides is 1. The lowest BCUT2D eigenvalue weighted by Crippen LogP contribution is -2.17. The Kier molecular flexibility index (Phi) is 6.21. The number of carboxylic acids is 1. The molecule has 0 aliphatic carbocycles. The fourth-order valence-electron chi connectivity index (χ4n) is 2.56. The van der Waals surface area contributed by atoms with Gasteiger partial charge in [0.15, 0.2) is 12.4 Å². The number of benzene rings is 3. The van der Waals surface area contributed by atoms with E-state index in [2.05, 4.69) is 10.5 Å². The summed E-state index contributed by atoms with van der Waals surface area (Å²) in [5.41, 5.74) is 2.85. The summed E-state index contributed by atoms with van der Waals surface area (Å²) >= 11 is 12.1. The first kappa shape index (κ1) is 20.4. The Bertz CT molecular complexity index is 1110. The number of halogens is 2. The summed E-state index contributed by atoms with van der Waals surface area (Å²) in [6.07, 6.45) is 1.30. The standard InChI is InChI=1S/C20H14Cl2N2O5/c21-15-5-11(6-16(22)19(15)29-10-18(26)27)9-23-24-20(28)14-7-12-3-1-2-4-13(12)8-17(14)25/h1-9,25H,10H2,(H,24,28)(H,26,27). The van der Waals surface area contributed by atoms with Gasteiger partial charge in [-0.1, -0.05) is 47.5 Å². The maximum atomic E-state index is 12.3. The third-order valence-corrected chi connectivity index (χ3v) is 4.41. The molecule has 3 aromatic rings. The first-order valence-electron chi connectivity index (χ1n) is 8.24. The van der Waals surface area contributed by atoms with Crippen LogP contribution in [-0.2, 0) is 4.79 Å². The molecule has 29 heavy (non-hydrogen) atoms. The first-order valence-corrected chi connectivity index (χ1v) is 8.99. The first-order chi connectivity index (χ1) is 13.8. The predicted molar refractivity (Wildman–Crippen MR) is 110 cm³/mol. The summed E-state index contributed by atoms with van der Waals surface area (Å²) in [6.45, 7) is -0.585. The SMILES string of the molecule is O=C(O)COc1c(Cl)cc(C=NNC(=O)c2cc3ccccc3cc2O)cc1Cl. The average molecular weight is 433 g/mol. The van der Waals surface area contributed by atoms with Gasteiger partial charge in [0.05, 0.1) is 21.8 Å². The van der Waals surface area contributed by atoms with Gasteiger partial charge in [-0.15, -0.1) is 0 Å². The van der Waals surface area contributed by atoms with E-state index in [4.69, 9.17) is 33.0 Å². The lowest BCUT2D eigenvalue weighted by atomic mass is 10.1.